The van der Waals surface area contributed by atoms with Crippen LogP contribution in [0, 0.1) is 0 Å². The second-order valence-electron chi connectivity index (χ2n) is 6.71. The lowest BCUT2D eigenvalue weighted by Crippen LogP contribution is -2.28. The Morgan fingerprint density at radius 2 is 2.00 bits per heavy atom. The molecule has 0 saturated heterocycles. The Balaban J connectivity index is 1.43. The van der Waals surface area contributed by atoms with Gasteiger partial charge in [0.25, 0.3) is 5.91 Å². The highest BCUT2D eigenvalue weighted by Gasteiger charge is 2.16. The molecule has 2 N–H and O–H groups in total. The molecule has 1 aromatic carbocycles. The Bertz CT molecular complexity index is 924. The van der Waals surface area contributed by atoms with Gasteiger partial charge in [-0.05, 0) is 43.0 Å². The first-order valence-corrected chi connectivity index (χ1v) is 9.53. The number of hydrogen-bond acceptors (Lipinski definition) is 4. The minimum absolute atomic E-state index is 0.0545. The van der Waals surface area contributed by atoms with E-state index in [1.54, 1.807) is 42.0 Å². The van der Waals surface area contributed by atoms with Crippen molar-refractivity contribution >= 4 is 17.9 Å². The summed E-state index contributed by atoms with van der Waals surface area (Å²) in [6, 6.07) is 6.97. The highest BCUT2D eigenvalue weighted by atomic mass is 16.2. The number of carbonyl (C=O) groups is 2. The zero-order valence-corrected chi connectivity index (χ0v) is 16.0. The molecule has 0 spiro atoms. The van der Waals surface area contributed by atoms with E-state index in [-0.39, 0.29) is 17.5 Å². The molecule has 28 heavy (non-hydrogen) atoms. The molecule has 2 amide bonds. The third-order valence-electron chi connectivity index (χ3n) is 4.70. The smallest absolute Gasteiger partial charge is 0.345 e. The molecule has 1 aromatic heterocycles. The summed E-state index contributed by atoms with van der Waals surface area (Å²) in [6.45, 7) is 1.71. The van der Waals surface area contributed by atoms with E-state index in [2.05, 4.69) is 15.7 Å². The first-order chi connectivity index (χ1) is 13.6. The average Bonchev–Trinajstić information content (AvgIpc) is 3.05. The molecule has 2 aromatic rings. The standard InChI is InChI=1S/C20H25N5O3/c1-21-19(27)16-9-6-15(7-10-16)8-11-18(26)22-12-4-14-25-20(28)24-13-3-2-5-17(24)23-25/h6-11H,2-5,12-14H2,1H3,(H,21,27)(H,22,26)/b11-8+. The molecule has 0 bridgehead atoms. The number of nitrogens with zero attached hydrogens (tertiary/aromatic N) is 3. The summed E-state index contributed by atoms with van der Waals surface area (Å²) in [5.41, 5.74) is 1.35. The van der Waals surface area contributed by atoms with Crippen LogP contribution in [0.15, 0.2) is 35.1 Å². The van der Waals surface area contributed by atoms with Gasteiger partial charge in [0.05, 0.1) is 0 Å². The van der Waals surface area contributed by atoms with Crippen molar-refractivity contribution in [3.63, 3.8) is 0 Å². The number of carbonyl (C=O) groups excluding carboxylic acids is 2. The summed E-state index contributed by atoms with van der Waals surface area (Å²) in [6.07, 6.45) is 6.74. The van der Waals surface area contributed by atoms with Crippen molar-refractivity contribution in [2.45, 2.75) is 38.8 Å². The Morgan fingerprint density at radius 1 is 1.21 bits per heavy atom. The van der Waals surface area contributed by atoms with E-state index in [1.807, 2.05) is 0 Å². The highest BCUT2D eigenvalue weighted by Crippen LogP contribution is 2.09. The summed E-state index contributed by atoms with van der Waals surface area (Å²) in [5, 5.41) is 9.74. The van der Waals surface area contributed by atoms with Crippen molar-refractivity contribution in [1.82, 2.24) is 25.0 Å². The Labute approximate surface area is 163 Å². The second-order valence-corrected chi connectivity index (χ2v) is 6.71. The molecule has 2 heterocycles. The van der Waals surface area contributed by atoms with Gasteiger partial charge in [-0.25, -0.2) is 9.48 Å². The zero-order valence-electron chi connectivity index (χ0n) is 16.0. The normalized spacial score (nSPS) is 13.3. The third-order valence-corrected chi connectivity index (χ3v) is 4.70. The molecule has 1 aliphatic rings. The molecule has 3 rings (SSSR count). The molecule has 8 heteroatoms. The van der Waals surface area contributed by atoms with E-state index in [9.17, 15) is 14.4 Å². The van der Waals surface area contributed by atoms with E-state index in [0.29, 0.717) is 25.1 Å². The lowest BCUT2D eigenvalue weighted by molar-refractivity contribution is -0.116. The van der Waals surface area contributed by atoms with Crippen LogP contribution in [0.5, 0.6) is 0 Å². The molecular formula is C20H25N5O3. The number of fused-ring (bicyclic) bond motifs is 1. The van der Waals surface area contributed by atoms with Crippen molar-refractivity contribution in [1.29, 1.82) is 0 Å². The van der Waals surface area contributed by atoms with Crippen molar-refractivity contribution < 1.29 is 9.59 Å². The largest absolute Gasteiger partial charge is 0.355 e. The van der Waals surface area contributed by atoms with Gasteiger partial charge in [-0.1, -0.05) is 12.1 Å². The maximum Gasteiger partial charge on any atom is 0.345 e. The van der Waals surface area contributed by atoms with Crippen LogP contribution in [-0.4, -0.2) is 39.8 Å². The van der Waals surface area contributed by atoms with Crippen LogP contribution in [0.2, 0.25) is 0 Å². The van der Waals surface area contributed by atoms with E-state index >= 15 is 0 Å². The Morgan fingerprint density at radius 3 is 2.71 bits per heavy atom. The monoisotopic (exact) mass is 383 g/mol. The van der Waals surface area contributed by atoms with Gasteiger partial charge in [0, 0.05) is 44.7 Å². The number of benzene rings is 1. The lowest BCUT2D eigenvalue weighted by atomic mass is 10.1. The second kappa shape index (κ2) is 9.16. The first-order valence-electron chi connectivity index (χ1n) is 9.53. The van der Waals surface area contributed by atoms with Crippen LogP contribution in [0.4, 0.5) is 0 Å². The van der Waals surface area contributed by atoms with Gasteiger partial charge in [-0.15, -0.1) is 0 Å². The molecule has 0 aliphatic carbocycles. The number of aryl methyl sites for hydroxylation is 2. The number of nitrogens with one attached hydrogen (secondary N) is 2. The summed E-state index contributed by atoms with van der Waals surface area (Å²) in [7, 11) is 1.58. The predicted molar refractivity (Wildman–Crippen MR) is 106 cm³/mol. The Hall–Kier alpha value is -3.16. The van der Waals surface area contributed by atoms with Gasteiger partial charge in [0.2, 0.25) is 5.91 Å². The van der Waals surface area contributed by atoms with Crippen LogP contribution in [0.1, 0.15) is 41.0 Å². The van der Waals surface area contributed by atoms with Crippen molar-refractivity contribution in [2.24, 2.45) is 0 Å². The van der Waals surface area contributed by atoms with Crippen LogP contribution in [0.25, 0.3) is 6.08 Å². The zero-order chi connectivity index (χ0) is 19.9. The molecule has 148 valence electrons. The van der Waals surface area contributed by atoms with Crippen molar-refractivity contribution in [2.75, 3.05) is 13.6 Å². The molecule has 8 nitrogen and oxygen atoms in total. The average molecular weight is 383 g/mol. The Kier molecular flexibility index (Phi) is 6.41. The predicted octanol–water partition coefficient (Wildman–Crippen LogP) is 0.960. The third kappa shape index (κ3) is 4.76. The molecule has 0 radical (unpaired) electrons. The fraction of sp³-hybridized carbons (Fsp3) is 0.400. The van der Waals surface area contributed by atoms with E-state index in [1.165, 1.54) is 10.8 Å². The number of amides is 2. The van der Waals surface area contributed by atoms with Crippen LogP contribution in [0.3, 0.4) is 0 Å². The summed E-state index contributed by atoms with van der Waals surface area (Å²) >= 11 is 0. The van der Waals surface area contributed by atoms with E-state index in [4.69, 9.17) is 0 Å². The minimum atomic E-state index is -0.202. The fourth-order valence-electron chi connectivity index (χ4n) is 3.16. The van der Waals surface area contributed by atoms with E-state index in [0.717, 1.165) is 37.2 Å². The fourth-order valence-corrected chi connectivity index (χ4v) is 3.16. The van der Waals surface area contributed by atoms with Gasteiger partial charge in [0.15, 0.2) is 0 Å². The van der Waals surface area contributed by atoms with Gasteiger partial charge in [0.1, 0.15) is 5.82 Å². The molecule has 0 atom stereocenters. The summed E-state index contributed by atoms with van der Waals surface area (Å²) in [5.74, 6) is 0.517. The highest BCUT2D eigenvalue weighted by molar-refractivity contribution is 5.94. The molecule has 0 unspecified atom stereocenters. The molecule has 0 fully saturated rings. The van der Waals surface area contributed by atoms with Crippen LogP contribution in [-0.2, 0) is 24.3 Å². The quantitative estimate of drug-likeness (QED) is 0.550. The van der Waals surface area contributed by atoms with Gasteiger partial charge >= 0.3 is 5.69 Å². The minimum Gasteiger partial charge on any atom is -0.355 e. The SMILES string of the molecule is CNC(=O)c1ccc(/C=C/C(=O)NCCCn2nc3n(c2=O)CCCC3)cc1. The molecule has 0 saturated carbocycles. The van der Waals surface area contributed by atoms with Crippen molar-refractivity contribution in [3.8, 4) is 0 Å². The lowest BCUT2D eigenvalue weighted by Gasteiger charge is -2.09. The maximum absolute atomic E-state index is 12.2. The van der Waals surface area contributed by atoms with Crippen LogP contribution >= 0.6 is 0 Å². The topological polar surface area (TPSA) is 98.0 Å². The number of aromatic nitrogens is 3. The van der Waals surface area contributed by atoms with Gasteiger partial charge < -0.3 is 10.6 Å². The summed E-state index contributed by atoms with van der Waals surface area (Å²) in [4.78, 5) is 35.6. The van der Waals surface area contributed by atoms with Crippen molar-refractivity contribution in [3.05, 3.63) is 57.8 Å². The number of hydrogen-bond donors (Lipinski definition) is 2. The molecular weight excluding hydrogens is 358 g/mol. The first kappa shape index (κ1) is 19.6. The van der Waals surface area contributed by atoms with Gasteiger partial charge in [-0.2, -0.15) is 5.10 Å². The van der Waals surface area contributed by atoms with Gasteiger partial charge in [-0.3, -0.25) is 14.2 Å². The maximum atomic E-state index is 12.2. The molecule has 1 aliphatic heterocycles. The van der Waals surface area contributed by atoms with E-state index < -0.39 is 0 Å². The number of rotatable bonds is 7. The summed E-state index contributed by atoms with van der Waals surface area (Å²) < 4.78 is 3.25. The van der Waals surface area contributed by atoms with Crippen LogP contribution < -0.4 is 16.3 Å².